The van der Waals surface area contributed by atoms with E-state index in [1.165, 1.54) is 0 Å². The van der Waals surface area contributed by atoms with Gasteiger partial charge in [0, 0.05) is 11.8 Å². The molecule has 0 spiro atoms. The van der Waals surface area contributed by atoms with Crippen LogP contribution in [-0.2, 0) is 0 Å². The first-order valence-corrected chi connectivity index (χ1v) is 4.70. The zero-order valence-corrected chi connectivity index (χ0v) is 7.98. The van der Waals surface area contributed by atoms with E-state index in [0.717, 1.165) is 16.6 Å². The predicted octanol–water partition coefficient (Wildman–Crippen LogP) is 1.18. The highest BCUT2D eigenvalue weighted by molar-refractivity contribution is 7.99. The number of thioether (sulfide) groups is 1. The van der Waals surface area contributed by atoms with Gasteiger partial charge in [0.15, 0.2) is 5.16 Å². The van der Waals surface area contributed by atoms with E-state index in [1.807, 2.05) is 6.92 Å². The Bertz CT molecular complexity index is 264. The van der Waals surface area contributed by atoms with Crippen LogP contribution in [0.15, 0.2) is 11.2 Å². The molecule has 1 aromatic rings. The van der Waals surface area contributed by atoms with Crippen LogP contribution in [0.4, 0.5) is 5.82 Å². The minimum atomic E-state index is 0.665. The van der Waals surface area contributed by atoms with Crippen LogP contribution in [0.2, 0.25) is 0 Å². The molecule has 0 aliphatic rings. The summed E-state index contributed by atoms with van der Waals surface area (Å²) in [6.07, 6.45) is 0. The Balaban J connectivity index is 2.90. The molecule has 4 nitrogen and oxygen atoms in total. The maximum atomic E-state index is 5.23. The molecule has 1 rings (SSSR count). The first-order valence-electron chi connectivity index (χ1n) is 3.71. The van der Waals surface area contributed by atoms with Gasteiger partial charge in [-0.15, -0.1) is 0 Å². The summed E-state index contributed by atoms with van der Waals surface area (Å²) in [6, 6.07) is 1.81. The predicted molar refractivity (Wildman–Crippen MR) is 51.0 cm³/mol. The standard InChI is InChI=1S/C7H12N4S/c1-3-12-7-9-5(2)4-6(10-7)11-8/h4H,3,8H2,1-2H3,(H,9,10,11). The van der Waals surface area contributed by atoms with Crippen LogP contribution in [0.25, 0.3) is 0 Å². The number of anilines is 1. The van der Waals surface area contributed by atoms with E-state index >= 15 is 0 Å². The number of hydrogen-bond donors (Lipinski definition) is 2. The SMILES string of the molecule is CCSc1nc(C)cc(NN)n1. The van der Waals surface area contributed by atoms with E-state index in [-0.39, 0.29) is 0 Å². The van der Waals surface area contributed by atoms with Gasteiger partial charge in [-0.3, -0.25) is 0 Å². The number of nitrogens with two attached hydrogens (primary N) is 1. The number of nitrogens with zero attached hydrogens (tertiary/aromatic N) is 2. The first kappa shape index (κ1) is 9.28. The van der Waals surface area contributed by atoms with Crippen molar-refractivity contribution < 1.29 is 0 Å². The number of hydrogen-bond acceptors (Lipinski definition) is 5. The second kappa shape index (κ2) is 4.27. The van der Waals surface area contributed by atoms with Gasteiger partial charge in [-0.05, 0) is 12.7 Å². The van der Waals surface area contributed by atoms with Gasteiger partial charge >= 0.3 is 0 Å². The van der Waals surface area contributed by atoms with Crippen LogP contribution >= 0.6 is 11.8 Å². The lowest BCUT2D eigenvalue weighted by atomic mass is 10.4. The quantitative estimate of drug-likeness (QED) is 0.320. The summed E-state index contributed by atoms with van der Waals surface area (Å²) < 4.78 is 0. The Hall–Kier alpha value is -0.810. The molecule has 0 saturated carbocycles. The van der Waals surface area contributed by atoms with Crippen LogP contribution in [0, 0.1) is 6.92 Å². The van der Waals surface area contributed by atoms with E-state index < -0.39 is 0 Å². The van der Waals surface area contributed by atoms with Crippen molar-refractivity contribution in [1.29, 1.82) is 0 Å². The molecule has 0 unspecified atom stereocenters. The third-order valence-corrected chi connectivity index (χ3v) is 1.98. The Labute approximate surface area is 75.9 Å². The third-order valence-electron chi connectivity index (χ3n) is 1.26. The van der Waals surface area contributed by atoms with Gasteiger partial charge in [0.1, 0.15) is 5.82 Å². The minimum absolute atomic E-state index is 0.665. The van der Waals surface area contributed by atoms with Gasteiger partial charge in [0.05, 0.1) is 0 Å². The normalized spacial score (nSPS) is 9.92. The summed E-state index contributed by atoms with van der Waals surface area (Å²) in [5.41, 5.74) is 3.43. The molecule has 0 amide bonds. The van der Waals surface area contributed by atoms with Crippen molar-refractivity contribution in [3.8, 4) is 0 Å². The molecule has 5 heteroatoms. The van der Waals surface area contributed by atoms with Gasteiger partial charge in [-0.25, -0.2) is 15.8 Å². The smallest absolute Gasteiger partial charge is 0.189 e. The molecule has 0 atom stereocenters. The highest BCUT2D eigenvalue weighted by atomic mass is 32.2. The van der Waals surface area contributed by atoms with Crippen LogP contribution in [0.1, 0.15) is 12.6 Å². The fourth-order valence-corrected chi connectivity index (χ4v) is 1.44. The number of rotatable bonds is 3. The van der Waals surface area contributed by atoms with Crippen molar-refractivity contribution >= 4 is 17.6 Å². The zero-order valence-electron chi connectivity index (χ0n) is 7.16. The summed E-state index contributed by atoms with van der Waals surface area (Å²) >= 11 is 1.60. The average Bonchev–Trinajstić information content (AvgIpc) is 2.04. The van der Waals surface area contributed by atoms with Crippen molar-refractivity contribution in [2.75, 3.05) is 11.2 Å². The Kier molecular flexibility index (Phi) is 3.31. The van der Waals surface area contributed by atoms with Crippen molar-refractivity contribution in [1.82, 2.24) is 9.97 Å². The molecule has 3 N–H and O–H groups in total. The molecule has 0 fully saturated rings. The molecule has 1 aromatic heterocycles. The Morgan fingerprint density at radius 3 is 2.92 bits per heavy atom. The summed E-state index contributed by atoms with van der Waals surface area (Å²) in [5.74, 6) is 6.87. The van der Waals surface area contributed by atoms with E-state index in [1.54, 1.807) is 17.8 Å². The van der Waals surface area contributed by atoms with Gasteiger partial charge < -0.3 is 5.43 Å². The number of hydrazine groups is 1. The summed E-state index contributed by atoms with van der Waals surface area (Å²) in [5, 5.41) is 0.769. The van der Waals surface area contributed by atoms with Crippen molar-refractivity contribution in [3.05, 3.63) is 11.8 Å². The molecule has 0 aliphatic carbocycles. The lowest BCUT2D eigenvalue weighted by molar-refractivity contribution is 0.931. The van der Waals surface area contributed by atoms with Crippen molar-refractivity contribution in [2.45, 2.75) is 19.0 Å². The molecule has 66 valence electrons. The maximum Gasteiger partial charge on any atom is 0.189 e. The monoisotopic (exact) mass is 184 g/mol. The molecular weight excluding hydrogens is 172 g/mol. The fourth-order valence-electron chi connectivity index (χ4n) is 0.809. The summed E-state index contributed by atoms with van der Waals surface area (Å²) in [4.78, 5) is 8.39. The minimum Gasteiger partial charge on any atom is -0.308 e. The van der Waals surface area contributed by atoms with Gasteiger partial charge in [-0.1, -0.05) is 18.7 Å². The maximum absolute atomic E-state index is 5.23. The van der Waals surface area contributed by atoms with Crippen LogP contribution in [0.3, 0.4) is 0 Å². The molecule has 0 aliphatic heterocycles. The highest BCUT2D eigenvalue weighted by Gasteiger charge is 1.99. The number of aryl methyl sites for hydroxylation is 1. The Morgan fingerprint density at radius 2 is 2.33 bits per heavy atom. The van der Waals surface area contributed by atoms with Gasteiger partial charge in [-0.2, -0.15) is 0 Å². The molecule has 1 heterocycles. The van der Waals surface area contributed by atoms with Gasteiger partial charge in [0.25, 0.3) is 0 Å². The fraction of sp³-hybridized carbons (Fsp3) is 0.429. The second-order valence-corrected chi connectivity index (χ2v) is 3.49. The van der Waals surface area contributed by atoms with E-state index in [0.29, 0.717) is 5.82 Å². The number of nitrogens with one attached hydrogen (secondary N) is 1. The van der Waals surface area contributed by atoms with E-state index in [4.69, 9.17) is 5.84 Å². The molecular formula is C7H12N4S. The topological polar surface area (TPSA) is 63.8 Å². The molecule has 0 aromatic carbocycles. The van der Waals surface area contributed by atoms with Crippen LogP contribution < -0.4 is 11.3 Å². The zero-order chi connectivity index (χ0) is 8.97. The van der Waals surface area contributed by atoms with Crippen LogP contribution in [0.5, 0.6) is 0 Å². The number of nitrogen functional groups attached to an aromatic ring is 1. The second-order valence-electron chi connectivity index (χ2n) is 2.25. The highest BCUT2D eigenvalue weighted by Crippen LogP contribution is 2.14. The molecule has 0 saturated heterocycles. The number of aromatic nitrogens is 2. The summed E-state index contributed by atoms with van der Waals surface area (Å²) in [6.45, 7) is 3.98. The largest absolute Gasteiger partial charge is 0.308 e. The molecule has 0 bridgehead atoms. The summed E-state index contributed by atoms with van der Waals surface area (Å²) in [7, 11) is 0. The lowest BCUT2D eigenvalue weighted by Gasteiger charge is -2.02. The third kappa shape index (κ3) is 2.35. The lowest BCUT2D eigenvalue weighted by Crippen LogP contribution is -2.09. The van der Waals surface area contributed by atoms with E-state index in [9.17, 15) is 0 Å². The average molecular weight is 184 g/mol. The van der Waals surface area contributed by atoms with Crippen molar-refractivity contribution in [2.24, 2.45) is 5.84 Å². The molecule has 12 heavy (non-hydrogen) atoms. The first-order chi connectivity index (χ1) is 5.76. The Morgan fingerprint density at radius 1 is 1.58 bits per heavy atom. The van der Waals surface area contributed by atoms with Crippen LogP contribution in [-0.4, -0.2) is 15.7 Å². The van der Waals surface area contributed by atoms with Crippen molar-refractivity contribution in [3.63, 3.8) is 0 Å². The molecule has 0 radical (unpaired) electrons. The van der Waals surface area contributed by atoms with Gasteiger partial charge in [0.2, 0.25) is 0 Å². The van der Waals surface area contributed by atoms with E-state index in [2.05, 4.69) is 22.3 Å².